The van der Waals surface area contributed by atoms with Crippen LogP contribution in [0.1, 0.15) is 63.4 Å². The van der Waals surface area contributed by atoms with Crippen LogP contribution in [0.15, 0.2) is 24.3 Å². The van der Waals surface area contributed by atoms with Gasteiger partial charge in [0, 0.05) is 17.9 Å². The van der Waals surface area contributed by atoms with Crippen LogP contribution in [0.5, 0.6) is 0 Å². The average molecular weight is 401 g/mol. The van der Waals surface area contributed by atoms with E-state index in [0.717, 1.165) is 31.2 Å². The number of carbonyl (C=O) groups excluding carboxylic acids is 3. The number of nitrogens with one attached hydrogen (secondary N) is 3. The van der Waals surface area contributed by atoms with Gasteiger partial charge < -0.3 is 10.6 Å². The van der Waals surface area contributed by atoms with Crippen LogP contribution < -0.4 is 16.0 Å². The molecule has 3 fully saturated rings. The van der Waals surface area contributed by atoms with Crippen molar-refractivity contribution in [3.8, 4) is 0 Å². The van der Waals surface area contributed by atoms with Crippen LogP contribution in [0.25, 0.3) is 0 Å². The second-order valence-corrected chi connectivity index (χ2v) is 8.83. The molecule has 3 aliphatic rings. The summed E-state index contributed by atoms with van der Waals surface area (Å²) >= 11 is 0. The molecule has 1 aromatic carbocycles. The Morgan fingerprint density at radius 2 is 1.69 bits per heavy atom. The van der Waals surface area contributed by atoms with Crippen molar-refractivity contribution in [2.45, 2.75) is 68.7 Å². The lowest BCUT2D eigenvalue weighted by molar-refractivity contribution is -0.130. The Morgan fingerprint density at radius 3 is 2.28 bits per heavy atom. The zero-order chi connectivity index (χ0) is 20.5. The van der Waals surface area contributed by atoms with E-state index in [1.165, 1.54) is 18.6 Å². The first-order valence-corrected chi connectivity index (χ1v) is 10.6. The van der Waals surface area contributed by atoms with Crippen LogP contribution in [0.2, 0.25) is 0 Å². The van der Waals surface area contributed by atoms with Crippen LogP contribution in [0.4, 0.5) is 9.18 Å². The number of rotatable bonds is 4. The van der Waals surface area contributed by atoms with Crippen molar-refractivity contribution in [2.75, 3.05) is 6.54 Å². The zero-order valence-corrected chi connectivity index (χ0v) is 16.6. The molecule has 0 aromatic heterocycles. The molecule has 3 N–H and O–H groups in total. The molecule has 4 amide bonds. The number of hydrogen-bond acceptors (Lipinski definition) is 3. The lowest BCUT2D eigenvalue weighted by atomic mass is 9.69. The van der Waals surface area contributed by atoms with Crippen molar-refractivity contribution in [3.05, 3.63) is 35.6 Å². The first kappa shape index (κ1) is 19.9. The quantitative estimate of drug-likeness (QED) is 0.678. The smallest absolute Gasteiger partial charge is 0.322 e. The summed E-state index contributed by atoms with van der Waals surface area (Å²) in [5.41, 5.74) is 0.107. The van der Waals surface area contributed by atoms with Gasteiger partial charge in [0.15, 0.2) is 0 Å². The summed E-state index contributed by atoms with van der Waals surface area (Å²) in [6.07, 6.45) is 7.47. The number of carbonyl (C=O) groups is 3. The molecular formula is C22H28FN3O3. The van der Waals surface area contributed by atoms with Crippen molar-refractivity contribution >= 4 is 17.8 Å². The summed E-state index contributed by atoms with van der Waals surface area (Å²) in [7, 11) is 0. The van der Waals surface area contributed by atoms with Crippen molar-refractivity contribution in [1.29, 1.82) is 0 Å². The molecule has 2 aliphatic carbocycles. The van der Waals surface area contributed by atoms with Gasteiger partial charge in [-0.2, -0.15) is 0 Å². The molecule has 1 aliphatic heterocycles. The van der Waals surface area contributed by atoms with E-state index in [9.17, 15) is 18.8 Å². The van der Waals surface area contributed by atoms with E-state index >= 15 is 0 Å². The monoisotopic (exact) mass is 401 g/mol. The van der Waals surface area contributed by atoms with Crippen LogP contribution in [0.3, 0.4) is 0 Å². The molecule has 2 saturated carbocycles. The van der Waals surface area contributed by atoms with Crippen molar-refractivity contribution < 1.29 is 18.8 Å². The van der Waals surface area contributed by atoms with Gasteiger partial charge in [-0.05, 0) is 56.2 Å². The maximum atomic E-state index is 13.4. The molecule has 156 valence electrons. The normalized spacial score (nSPS) is 28.7. The first-order valence-electron chi connectivity index (χ1n) is 10.6. The van der Waals surface area contributed by atoms with Gasteiger partial charge in [-0.25, -0.2) is 9.18 Å². The third-order valence-corrected chi connectivity index (χ3v) is 7.09. The minimum Gasteiger partial charge on any atom is -0.355 e. The maximum absolute atomic E-state index is 13.4. The second kappa shape index (κ2) is 7.76. The molecule has 0 radical (unpaired) electrons. The summed E-state index contributed by atoms with van der Waals surface area (Å²) in [6, 6.07) is 6.23. The van der Waals surface area contributed by atoms with E-state index in [2.05, 4.69) is 16.0 Å². The van der Waals surface area contributed by atoms with E-state index in [1.54, 1.807) is 0 Å². The minimum absolute atomic E-state index is 0.0108. The molecule has 4 rings (SSSR count). The Balaban J connectivity index is 1.38. The number of halogens is 1. The number of benzene rings is 1. The van der Waals surface area contributed by atoms with Gasteiger partial charge >= 0.3 is 6.03 Å². The van der Waals surface area contributed by atoms with Crippen LogP contribution >= 0.6 is 0 Å². The summed E-state index contributed by atoms with van der Waals surface area (Å²) in [5.74, 6) is -0.668. The highest BCUT2D eigenvalue weighted by Gasteiger charge is 2.49. The van der Waals surface area contributed by atoms with Gasteiger partial charge in [0.25, 0.3) is 5.91 Å². The molecule has 6 nitrogen and oxygen atoms in total. The van der Waals surface area contributed by atoms with Crippen molar-refractivity contribution in [1.82, 2.24) is 16.0 Å². The fraction of sp³-hybridized carbons (Fsp3) is 0.591. The molecule has 0 atom stereocenters. The zero-order valence-electron chi connectivity index (χ0n) is 16.6. The summed E-state index contributed by atoms with van der Waals surface area (Å²) in [4.78, 5) is 36.4. The highest BCUT2D eigenvalue weighted by molar-refractivity contribution is 6.07. The molecule has 0 bridgehead atoms. The number of hydrogen-bond donors (Lipinski definition) is 3. The maximum Gasteiger partial charge on any atom is 0.322 e. The van der Waals surface area contributed by atoms with Gasteiger partial charge in [-0.15, -0.1) is 0 Å². The van der Waals surface area contributed by atoms with Gasteiger partial charge in [0.2, 0.25) is 5.91 Å². The average Bonchev–Trinajstić information content (AvgIpc) is 3.00. The number of urea groups is 1. The summed E-state index contributed by atoms with van der Waals surface area (Å²) in [6.45, 7) is 0.552. The van der Waals surface area contributed by atoms with E-state index in [-0.39, 0.29) is 29.0 Å². The predicted octanol–water partition coefficient (Wildman–Crippen LogP) is 2.91. The first-order chi connectivity index (χ1) is 13.9. The van der Waals surface area contributed by atoms with Crippen LogP contribution in [0, 0.1) is 11.7 Å². The molecular weight excluding hydrogens is 373 g/mol. The topological polar surface area (TPSA) is 87.3 Å². The fourth-order valence-electron chi connectivity index (χ4n) is 5.25. The Hall–Kier alpha value is -2.44. The number of imide groups is 1. The van der Waals surface area contributed by atoms with Crippen LogP contribution in [-0.4, -0.2) is 29.9 Å². The predicted molar refractivity (Wildman–Crippen MR) is 106 cm³/mol. The summed E-state index contributed by atoms with van der Waals surface area (Å²) in [5, 5.41) is 8.19. The third kappa shape index (κ3) is 3.87. The molecule has 1 spiro atoms. The van der Waals surface area contributed by atoms with Gasteiger partial charge in [-0.3, -0.25) is 14.9 Å². The number of amides is 4. The van der Waals surface area contributed by atoms with E-state index in [1.807, 2.05) is 12.1 Å². The standard InChI is InChI=1S/C22H28FN3O3/c23-17-6-4-16(5-7-17)21(10-2-1-3-11-21)14-24-18(27)15-8-12-22(13-9-15)19(28)25-20(29)26-22/h4-7,15H,1-3,8-14H2,(H,24,27)(H2,25,26,28,29). The molecule has 0 unspecified atom stereocenters. The largest absolute Gasteiger partial charge is 0.355 e. The van der Waals surface area contributed by atoms with Gasteiger partial charge in [0.1, 0.15) is 11.4 Å². The minimum atomic E-state index is -0.841. The third-order valence-electron chi connectivity index (χ3n) is 7.09. The van der Waals surface area contributed by atoms with Gasteiger partial charge in [-0.1, -0.05) is 31.4 Å². The Kier molecular flexibility index (Phi) is 5.32. The molecule has 1 aromatic rings. The van der Waals surface area contributed by atoms with E-state index in [4.69, 9.17) is 0 Å². The van der Waals surface area contributed by atoms with Crippen molar-refractivity contribution in [2.24, 2.45) is 5.92 Å². The fourth-order valence-corrected chi connectivity index (χ4v) is 5.25. The Labute approximate surface area is 170 Å². The second-order valence-electron chi connectivity index (χ2n) is 8.83. The Bertz CT molecular complexity index is 794. The van der Waals surface area contributed by atoms with Crippen LogP contribution in [-0.2, 0) is 15.0 Å². The lowest BCUT2D eigenvalue weighted by Crippen LogP contribution is -2.51. The highest BCUT2D eigenvalue weighted by Crippen LogP contribution is 2.39. The van der Waals surface area contributed by atoms with Gasteiger partial charge in [0.05, 0.1) is 0 Å². The van der Waals surface area contributed by atoms with E-state index < -0.39 is 11.6 Å². The molecule has 1 saturated heterocycles. The lowest BCUT2D eigenvalue weighted by Gasteiger charge is -2.39. The summed E-state index contributed by atoms with van der Waals surface area (Å²) < 4.78 is 13.4. The molecule has 7 heteroatoms. The Morgan fingerprint density at radius 1 is 1.03 bits per heavy atom. The molecule has 29 heavy (non-hydrogen) atoms. The highest BCUT2D eigenvalue weighted by atomic mass is 19.1. The molecule has 1 heterocycles. The van der Waals surface area contributed by atoms with Crippen molar-refractivity contribution in [3.63, 3.8) is 0 Å². The van der Waals surface area contributed by atoms with E-state index in [0.29, 0.717) is 32.2 Å². The SMILES string of the molecule is O=C1NC(=O)C2(CCC(C(=O)NCC3(c4ccc(F)cc4)CCCCC3)CC2)N1.